The Morgan fingerprint density at radius 3 is 2.90 bits per heavy atom. The van der Waals surface area contributed by atoms with Crippen LogP contribution >= 0.6 is 0 Å². The van der Waals surface area contributed by atoms with Gasteiger partial charge in [0, 0.05) is 13.0 Å². The summed E-state index contributed by atoms with van der Waals surface area (Å²) in [5.74, 6) is 0.959. The lowest BCUT2D eigenvalue weighted by atomic mass is 10.0. The number of aryl methyl sites for hydroxylation is 1. The molecular weight excluding hydrogens is 252 g/mol. The molecule has 0 radical (unpaired) electrons. The van der Waals surface area contributed by atoms with Gasteiger partial charge >= 0.3 is 0 Å². The van der Waals surface area contributed by atoms with Gasteiger partial charge in [-0.3, -0.25) is 9.89 Å². The van der Waals surface area contributed by atoms with Gasteiger partial charge in [-0.2, -0.15) is 0 Å². The van der Waals surface area contributed by atoms with E-state index in [1.165, 1.54) is 5.56 Å². The van der Waals surface area contributed by atoms with Crippen LogP contribution in [0.25, 0.3) is 0 Å². The lowest BCUT2D eigenvalue weighted by Gasteiger charge is -2.23. The molecule has 1 N–H and O–H groups in total. The van der Waals surface area contributed by atoms with Crippen molar-refractivity contribution in [2.75, 3.05) is 6.54 Å². The summed E-state index contributed by atoms with van der Waals surface area (Å²) in [5.41, 5.74) is 1.18. The van der Waals surface area contributed by atoms with Gasteiger partial charge in [0.15, 0.2) is 0 Å². The van der Waals surface area contributed by atoms with Crippen LogP contribution in [0.1, 0.15) is 47.8 Å². The molecule has 1 aliphatic rings. The fourth-order valence-corrected chi connectivity index (χ4v) is 2.71. The Morgan fingerprint density at radius 2 is 2.20 bits per heavy atom. The number of carbonyl (C=O) groups is 1. The number of amides is 1. The second kappa shape index (κ2) is 5.45. The molecule has 2 heterocycles. The Bertz CT molecular complexity index is 593. The van der Waals surface area contributed by atoms with Gasteiger partial charge in [0.2, 0.25) is 5.82 Å². The first-order chi connectivity index (χ1) is 9.79. The van der Waals surface area contributed by atoms with Crippen LogP contribution in [-0.4, -0.2) is 32.5 Å². The molecule has 3 rings (SSSR count). The van der Waals surface area contributed by atoms with Crippen LogP contribution in [0.15, 0.2) is 30.3 Å². The summed E-state index contributed by atoms with van der Waals surface area (Å²) >= 11 is 0. The molecule has 1 saturated heterocycles. The standard InChI is InChI=1S/C15H18N4O/c1-2-13-16-14(18-17-13)15(20)19-10-6-9-12(19)11-7-4-3-5-8-11/h3-5,7-8,12H,2,6,9-10H2,1H3,(H,16,17,18). The van der Waals surface area contributed by atoms with Crippen molar-refractivity contribution in [2.24, 2.45) is 0 Å². The summed E-state index contributed by atoms with van der Waals surface area (Å²) in [4.78, 5) is 18.7. The number of rotatable bonds is 3. The van der Waals surface area contributed by atoms with E-state index in [-0.39, 0.29) is 17.8 Å². The maximum atomic E-state index is 12.5. The second-order valence-corrected chi connectivity index (χ2v) is 5.03. The summed E-state index contributed by atoms with van der Waals surface area (Å²) in [6.45, 7) is 2.76. The zero-order valence-corrected chi connectivity index (χ0v) is 11.5. The van der Waals surface area contributed by atoms with E-state index in [4.69, 9.17) is 0 Å². The van der Waals surface area contributed by atoms with E-state index in [1.807, 2.05) is 30.0 Å². The normalized spacial score (nSPS) is 18.4. The first-order valence-electron chi connectivity index (χ1n) is 7.06. The third kappa shape index (κ3) is 2.31. The number of benzene rings is 1. The maximum Gasteiger partial charge on any atom is 0.294 e. The first-order valence-corrected chi connectivity index (χ1v) is 7.06. The highest BCUT2D eigenvalue weighted by Gasteiger charge is 2.32. The van der Waals surface area contributed by atoms with Crippen molar-refractivity contribution in [3.05, 3.63) is 47.5 Å². The SMILES string of the molecule is CCc1nc(C(=O)N2CCCC2c2ccccc2)n[nH]1. The van der Waals surface area contributed by atoms with Crippen molar-refractivity contribution in [2.45, 2.75) is 32.2 Å². The van der Waals surface area contributed by atoms with Crippen molar-refractivity contribution in [1.82, 2.24) is 20.1 Å². The molecule has 5 heteroatoms. The highest BCUT2D eigenvalue weighted by Crippen LogP contribution is 2.32. The summed E-state index contributed by atoms with van der Waals surface area (Å²) in [6.07, 6.45) is 2.78. The molecule has 5 nitrogen and oxygen atoms in total. The summed E-state index contributed by atoms with van der Waals surface area (Å²) in [6, 6.07) is 10.3. The highest BCUT2D eigenvalue weighted by atomic mass is 16.2. The molecule has 0 bridgehead atoms. The predicted molar refractivity (Wildman–Crippen MR) is 75.2 cm³/mol. The zero-order chi connectivity index (χ0) is 13.9. The quantitative estimate of drug-likeness (QED) is 0.931. The number of hydrogen-bond donors (Lipinski definition) is 1. The molecule has 1 aromatic carbocycles. The third-order valence-corrected chi connectivity index (χ3v) is 3.76. The van der Waals surface area contributed by atoms with Gasteiger partial charge in [-0.25, -0.2) is 4.98 Å². The number of likely N-dealkylation sites (tertiary alicyclic amines) is 1. The molecule has 20 heavy (non-hydrogen) atoms. The van der Waals surface area contributed by atoms with Crippen LogP contribution < -0.4 is 0 Å². The minimum absolute atomic E-state index is 0.0766. The van der Waals surface area contributed by atoms with Crippen molar-refractivity contribution in [3.8, 4) is 0 Å². The summed E-state index contributed by atoms with van der Waals surface area (Å²) in [5, 5.41) is 6.84. The van der Waals surface area contributed by atoms with Crippen LogP contribution in [0.5, 0.6) is 0 Å². The van der Waals surface area contributed by atoms with E-state index < -0.39 is 0 Å². The van der Waals surface area contributed by atoms with Gasteiger partial charge < -0.3 is 4.90 Å². The number of carbonyl (C=O) groups excluding carboxylic acids is 1. The average molecular weight is 270 g/mol. The van der Waals surface area contributed by atoms with Crippen LogP contribution in [-0.2, 0) is 6.42 Å². The first kappa shape index (κ1) is 12.8. The van der Waals surface area contributed by atoms with E-state index in [0.29, 0.717) is 0 Å². The Labute approximate surface area is 118 Å². The molecule has 104 valence electrons. The van der Waals surface area contributed by atoms with Crippen LogP contribution in [0.4, 0.5) is 0 Å². The van der Waals surface area contributed by atoms with Gasteiger partial charge in [0.25, 0.3) is 5.91 Å². The van der Waals surface area contributed by atoms with Gasteiger partial charge in [0.1, 0.15) is 5.82 Å². The van der Waals surface area contributed by atoms with E-state index >= 15 is 0 Å². The highest BCUT2D eigenvalue weighted by molar-refractivity contribution is 5.90. The van der Waals surface area contributed by atoms with Crippen molar-refractivity contribution in [1.29, 1.82) is 0 Å². The third-order valence-electron chi connectivity index (χ3n) is 3.76. The largest absolute Gasteiger partial charge is 0.329 e. The van der Waals surface area contributed by atoms with Crippen molar-refractivity contribution >= 4 is 5.91 Å². The van der Waals surface area contributed by atoms with Gasteiger partial charge in [-0.15, -0.1) is 5.10 Å². The van der Waals surface area contributed by atoms with Gasteiger partial charge in [-0.1, -0.05) is 37.3 Å². The Hall–Kier alpha value is -2.17. The second-order valence-electron chi connectivity index (χ2n) is 5.03. The number of nitrogens with zero attached hydrogens (tertiary/aromatic N) is 3. The summed E-state index contributed by atoms with van der Waals surface area (Å²) < 4.78 is 0. The molecule has 1 aromatic heterocycles. The molecule has 1 unspecified atom stereocenters. The number of H-pyrrole nitrogens is 1. The Kier molecular flexibility index (Phi) is 3.50. The minimum atomic E-state index is -0.0766. The van der Waals surface area contributed by atoms with E-state index in [1.54, 1.807) is 0 Å². The molecule has 1 atom stereocenters. The molecule has 0 aliphatic carbocycles. The van der Waals surface area contributed by atoms with E-state index in [9.17, 15) is 4.79 Å². The lowest BCUT2D eigenvalue weighted by molar-refractivity contribution is 0.0723. The molecule has 1 fully saturated rings. The van der Waals surface area contributed by atoms with Crippen LogP contribution in [0.2, 0.25) is 0 Å². The van der Waals surface area contributed by atoms with Crippen molar-refractivity contribution < 1.29 is 4.79 Å². The molecule has 2 aromatic rings. The molecule has 0 spiro atoms. The fraction of sp³-hybridized carbons (Fsp3) is 0.400. The zero-order valence-electron chi connectivity index (χ0n) is 11.5. The topological polar surface area (TPSA) is 61.9 Å². The summed E-state index contributed by atoms with van der Waals surface area (Å²) in [7, 11) is 0. The lowest BCUT2D eigenvalue weighted by Crippen LogP contribution is -2.31. The van der Waals surface area contributed by atoms with E-state index in [2.05, 4.69) is 27.3 Å². The molecular formula is C15H18N4O. The monoisotopic (exact) mass is 270 g/mol. The molecule has 0 saturated carbocycles. The van der Waals surface area contributed by atoms with Gasteiger partial charge in [0.05, 0.1) is 6.04 Å². The van der Waals surface area contributed by atoms with E-state index in [0.717, 1.165) is 31.6 Å². The number of aromatic nitrogens is 3. The van der Waals surface area contributed by atoms with Crippen LogP contribution in [0, 0.1) is 0 Å². The van der Waals surface area contributed by atoms with Gasteiger partial charge in [-0.05, 0) is 18.4 Å². The molecule has 1 aliphatic heterocycles. The smallest absolute Gasteiger partial charge is 0.294 e. The average Bonchev–Trinajstić information content (AvgIpc) is 3.16. The maximum absolute atomic E-state index is 12.5. The molecule has 1 amide bonds. The number of nitrogens with one attached hydrogen (secondary N) is 1. The van der Waals surface area contributed by atoms with Crippen LogP contribution in [0.3, 0.4) is 0 Å². The Balaban J connectivity index is 1.83. The number of aromatic amines is 1. The minimum Gasteiger partial charge on any atom is -0.329 e. The van der Waals surface area contributed by atoms with Crippen molar-refractivity contribution in [3.63, 3.8) is 0 Å². The number of hydrogen-bond acceptors (Lipinski definition) is 3. The predicted octanol–water partition coefficient (Wildman–Crippen LogP) is 2.34. The fourth-order valence-electron chi connectivity index (χ4n) is 2.71. The Morgan fingerprint density at radius 1 is 1.40 bits per heavy atom.